The lowest BCUT2D eigenvalue weighted by Crippen LogP contribution is -2.18. The molecule has 5 heteroatoms. The lowest BCUT2D eigenvalue weighted by molar-refractivity contribution is 0.102. The van der Waals surface area contributed by atoms with Gasteiger partial charge in [0.05, 0.1) is 5.56 Å². The van der Waals surface area contributed by atoms with Gasteiger partial charge in [-0.15, -0.1) is 0 Å². The lowest BCUT2D eigenvalue weighted by Gasteiger charge is -2.11. The molecule has 1 amide bonds. The third kappa shape index (κ3) is 3.32. The van der Waals surface area contributed by atoms with Gasteiger partial charge in [0.25, 0.3) is 5.91 Å². The number of aromatic hydroxyl groups is 1. The van der Waals surface area contributed by atoms with E-state index in [1.807, 2.05) is 68.8 Å². The predicted molar refractivity (Wildman–Crippen MR) is 114 cm³/mol. The SMILES string of the molecule is CN(C)CCn1cc(C(=O)Nc2ccc(O)c3ccccc23)c2ccccc21. The number of amides is 1. The average molecular weight is 373 g/mol. The van der Waals surface area contributed by atoms with Crippen molar-refractivity contribution < 1.29 is 9.90 Å². The van der Waals surface area contributed by atoms with Crippen LogP contribution in [-0.4, -0.2) is 41.1 Å². The first-order chi connectivity index (χ1) is 13.5. The van der Waals surface area contributed by atoms with Crippen LogP contribution in [0.1, 0.15) is 10.4 Å². The number of aromatic nitrogens is 1. The minimum atomic E-state index is -0.157. The number of nitrogens with zero attached hydrogens (tertiary/aromatic N) is 2. The van der Waals surface area contributed by atoms with Crippen LogP contribution in [0, 0.1) is 0 Å². The summed E-state index contributed by atoms with van der Waals surface area (Å²) in [5.41, 5.74) is 2.38. The third-order valence-electron chi connectivity index (χ3n) is 4.97. The zero-order chi connectivity index (χ0) is 19.7. The maximum atomic E-state index is 13.1. The van der Waals surface area contributed by atoms with Gasteiger partial charge < -0.3 is 19.9 Å². The van der Waals surface area contributed by atoms with Crippen molar-refractivity contribution in [1.29, 1.82) is 0 Å². The maximum absolute atomic E-state index is 13.1. The van der Waals surface area contributed by atoms with Gasteiger partial charge in [0.2, 0.25) is 0 Å². The van der Waals surface area contributed by atoms with Gasteiger partial charge in [-0.3, -0.25) is 4.79 Å². The number of nitrogens with one attached hydrogen (secondary N) is 1. The zero-order valence-electron chi connectivity index (χ0n) is 16.0. The Bertz CT molecular complexity index is 1160. The Kier molecular flexibility index (Phi) is 4.75. The first kappa shape index (κ1) is 18.1. The van der Waals surface area contributed by atoms with E-state index in [0.29, 0.717) is 16.6 Å². The highest BCUT2D eigenvalue weighted by Crippen LogP contribution is 2.31. The van der Waals surface area contributed by atoms with Gasteiger partial charge in [-0.1, -0.05) is 42.5 Å². The highest BCUT2D eigenvalue weighted by atomic mass is 16.3. The van der Waals surface area contributed by atoms with Gasteiger partial charge in [0.15, 0.2) is 0 Å². The Labute approximate surface area is 163 Å². The molecule has 0 aliphatic rings. The van der Waals surface area contributed by atoms with Crippen LogP contribution in [-0.2, 0) is 6.54 Å². The second-order valence-corrected chi connectivity index (χ2v) is 7.19. The van der Waals surface area contributed by atoms with E-state index in [4.69, 9.17) is 0 Å². The van der Waals surface area contributed by atoms with E-state index < -0.39 is 0 Å². The predicted octanol–water partition coefficient (Wildman–Crippen LogP) is 4.31. The van der Waals surface area contributed by atoms with Crippen molar-refractivity contribution in [2.75, 3.05) is 26.0 Å². The summed E-state index contributed by atoms with van der Waals surface area (Å²) in [6.07, 6.45) is 1.92. The van der Waals surface area contributed by atoms with Gasteiger partial charge in [-0.05, 0) is 32.3 Å². The van der Waals surface area contributed by atoms with Crippen LogP contribution < -0.4 is 5.32 Å². The van der Waals surface area contributed by atoms with E-state index >= 15 is 0 Å². The molecule has 4 aromatic rings. The van der Waals surface area contributed by atoms with Gasteiger partial charge >= 0.3 is 0 Å². The topological polar surface area (TPSA) is 57.5 Å². The number of benzene rings is 3. The molecule has 28 heavy (non-hydrogen) atoms. The fourth-order valence-corrected chi connectivity index (χ4v) is 3.50. The molecule has 4 rings (SSSR count). The zero-order valence-corrected chi connectivity index (χ0v) is 16.0. The summed E-state index contributed by atoms with van der Waals surface area (Å²) in [5, 5.41) is 15.6. The molecule has 0 bridgehead atoms. The summed E-state index contributed by atoms with van der Waals surface area (Å²) >= 11 is 0. The summed E-state index contributed by atoms with van der Waals surface area (Å²) in [7, 11) is 4.07. The van der Waals surface area contributed by atoms with E-state index in [-0.39, 0.29) is 11.7 Å². The Morgan fingerprint density at radius 2 is 1.64 bits per heavy atom. The molecule has 0 aliphatic carbocycles. The molecule has 0 radical (unpaired) electrons. The summed E-state index contributed by atoms with van der Waals surface area (Å²) in [4.78, 5) is 15.2. The minimum absolute atomic E-state index is 0.157. The van der Waals surface area contributed by atoms with Crippen molar-refractivity contribution in [1.82, 2.24) is 9.47 Å². The van der Waals surface area contributed by atoms with Crippen LogP contribution in [0.15, 0.2) is 66.9 Å². The largest absolute Gasteiger partial charge is 0.507 e. The summed E-state index contributed by atoms with van der Waals surface area (Å²) in [5.74, 6) is 0.0459. The normalized spacial score (nSPS) is 11.4. The van der Waals surface area contributed by atoms with E-state index in [1.165, 1.54) is 0 Å². The number of likely N-dealkylation sites (N-methyl/N-ethyl adjacent to an activating group) is 1. The lowest BCUT2D eigenvalue weighted by atomic mass is 10.1. The second kappa shape index (κ2) is 7.37. The summed E-state index contributed by atoms with van der Waals surface area (Å²) < 4.78 is 2.12. The van der Waals surface area contributed by atoms with Crippen molar-refractivity contribution in [3.05, 3.63) is 72.4 Å². The molecular formula is C23H23N3O2. The summed E-state index contributed by atoms with van der Waals surface area (Å²) in [6, 6.07) is 18.8. The van der Waals surface area contributed by atoms with Gasteiger partial charge in [0.1, 0.15) is 5.75 Å². The first-order valence-corrected chi connectivity index (χ1v) is 9.29. The average Bonchev–Trinajstić information content (AvgIpc) is 3.08. The van der Waals surface area contributed by atoms with E-state index in [2.05, 4.69) is 14.8 Å². The van der Waals surface area contributed by atoms with Gasteiger partial charge in [0, 0.05) is 46.6 Å². The monoisotopic (exact) mass is 373 g/mol. The molecule has 5 nitrogen and oxygen atoms in total. The maximum Gasteiger partial charge on any atom is 0.257 e. The minimum Gasteiger partial charge on any atom is -0.507 e. The van der Waals surface area contributed by atoms with Crippen molar-refractivity contribution in [2.24, 2.45) is 0 Å². The second-order valence-electron chi connectivity index (χ2n) is 7.19. The van der Waals surface area contributed by atoms with Crippen LogP contribution in [0.2, 0.25) is 0 Å². The van der Waals surface area contributed by atoms with Crippen LogP contribution in [0.5, 0.6) is 5.75 Å². The number of carbonyl (C=O) groups excluding carboxylic acids is 1. The quantitative estimate of drug-likeness (QED) is 0.513. The van der Waals surface area contributed by atoms with E-state index in [9.17, 15) is 9.90 Å². The van der Waals surface area contributed by atoms with Crippen molar-refractivity contribution >= 4 is 33.3 Å². The number of anilines is 1. The molecule has 2 N–H and O–H groups in total. The number of hydrogen-bond donors (Lipinski definition) is 2. The number of rotatable bonds is 5. The van der Waals surface area contributed by atoms with Crippen molar-refractivity contribution in [3.8, 4) is 5.75 Å². The van der Waals surface area contributed by atoms with Crippen LogP contribution >= 0.6 is 0 Å². The van der Waals surface area contributed by atoms with Gasteiger partial charge in [-0.2, -0.15) is 0 Å². The molecule has 0 fully saturated rings. The molecule has 1 heterocycles. The molecule has 3 aromatic carbocycles. The molecular weight excluding hydrogens is 350 g/mol. The fraction of sp³-hybridized carbons (Fsp3) is 0.174. The first-order valence-electron chi connectivity index (χ1n) is 9.29. The molecule has 0 atom stereocenters. The number of para-hydroxylation sites is 1. The number of fused-ring (bicyclic) bond motifs is 2. The molecule has 0 unspecified atom stereocenters. The van der Waals surface area contributed by atoms with Crippen molar-refractivity contribution in [3.63, 3.8) is 0 Å². The summed E-state index contributed by atoms with van der Waals surface area (Å²) in [6.45, 7) is 1.70. The molecule has 142 valence electrons. The van der Waals surface area contributed by atoms with E-state index in [1.54, 1.807) is 12.1 Å². The van der Waals surface area contributed by atoms with Gasteiger partial charge in [-0.25, -0.2) is 0 Å². The Morgan fingerprint density at radius 3 is 2.39 bits per heavy atom. The van der Waals surface area contributed by atoms with Crippen LogP contribution in [0.25, 0.3) is 21.7 Å². The molecule has 0 spiro atoms. The highest BCUT2D eigenvalue weighted by molar-refractivity contribution is 6.15. The Morgan fingerprint density at radius 1 is 0.964 bits per heavy atom. The van der Waals surface area contributed by atoms with Crippen molar-refractivity contribution in [2.45, 2.75) is 6.54 Å². The standard InChI is InChI=1S/C23H23N3O2/c1-25(2)13-14-26-15-19(17-8-5-6-10-21(17)26)23(28)24-20-11-12-22(27)18-9-4-3-7-16(18)20/h3-12,15,27H,13-14H2,1-2H3,(H,24,28). The highest BCUT2D eigenvalue weighted by Gasteiger charge is 2.16. The molecule has 0 saturated heterocycles. The smallest absolute Gasteiger partial charge is 0.257 e. The number of phenols is 1. The third-order valence-corrected chi connectivity index (χ3v) is 4.97. The molecule has 0 saturated carbocycles. The van der Waals surface area contributed by atoms with Crippen LogP contribution in [0.4, 0.5) is 5.69 Å². The Hall–Kier alpha value is -3.31. The molecule has 0 aliphatic heterocycles. The number of phenolic OH excluding ortho intramolecular Hbond substituents is 1. The van der Waals surface area contributed by atoms with Crippen LogP contribution in [0.3, 0.4) is 0 Å². The Balaban J connectivity index is 1.71. The van der Waals surface area contributed by atoms with E-state index in [0.717, 1.165) is 29.4 Å². The number of hydrogen-bond acceptors (Lipinski definition) is 3. The molecule has 1 aromatic heterocycles. The fourth-order valence-electron chi connectivity index (χ4n) is 3.50. The number of carbonyl (C=O) groups is 1.